The van der Waals surface area contributed by atoms with Gasteiger partial charge in [-0.1, -0.05) is 51.0 Å². The number of unbranched alkanes of at least 4 members (excludes halogenated alkanes) is 2. The summed E-state index contributed by atoms with van der Waals surface area (Å²) in [6.07, 6.45) is 8.18. The molecule has 4 rings (SSSR count). The van der Waals surface area contributed by atoms with E-state index >= 15 is 0 Å². The summed E-state index contributed by atoms with van der Waals surface area (Å²) in [4.78, 5) is 24.8. The molecule has 8 heteroatoms. The number of esters is 2. The molecule has 214 valence electrons. The highest BCUT2D eigenvalue weighted by molar-refractivity contribution is 5.87. The lowest BCUT2D eigenvalue weighted by molar-refractivity contribution is -0.149. The van der Waals surface area contributed by atoms with Gasteiger partial charge in [0.05, 0.1) is 26.4 Å². The van der Waals surface area contributed by atoms with Gasteiger partial charge in [-0.15, -0.1) is 0 Å². The molecule has 0 aliphatic carbocycles. The predicted molar refractivity (Wildman–Crippen MR) is 151 cm³/mol. The Bertz CT molecular complexity index is 1050. The summed E-state index contributed by atoms with van der Waals surface area (Å²) in [7, 11) is 0. The summed E-state index contributed by atoms with van der Waals surface area (Å²) in [5, 5.41) is 0. The van der Waals surface area contributed by atoms with E-state index in [2.05, 4.69) is 13.8 Å². The minimum absolute atomic E-state index is 0.176. The third kappa shape index (κ3) is 8.69. The number of hydrogen-bond donors (Lipinski definition) is 0. The van der Waals surface area contributed by atoms with E-state index < -0.39 is 36.4 Å². The summed E-state index contributed by atoms with van der Waals surface area (Å²) >= 11 is 0. The number of fused-ring (bicyclic) bond motifs is 1. The van der Waals surface area contributed by atoms with Crippen molar-refractivity contribution in [1.29, 1.82) is 0 Å². The van der Waals surface area contributed by atoms with Gasteiger partial charge in [-0.25, -0.2) is 9.59 Å². The van der Waals surface area contributed by atoms with Crippen LogP contribution in [-0.4, -0.2) is 62.8 Å². The maximum Gasteiger partial charge on any atom is 0.331 e. The molecule has 0 saturated carbocycles. The summed E-state index contributed by atoms with van der Waals surface area (Å²) in [6, 6.07) is 15.0. The highest BCUT2D eigenvalue weighted by Gasteiger charge is 2.51. The van der Waals surface area contributed by atoms with Gasteiger partial charge in [-0.05, 0) is 60.4 Å². The topological polar surface area (TPSA) is 89.5 Å². The third-order valence-electron chi connectivity index (χ3n) is 6.61. The molecule has 40 heavy (non-hydrogen) atoms. The molecule has 8 nitrogen and oxygen atoms in total. The van der Waals surface area contributed by atoms with Crippen molar-refractivity contribution in [2.45, 2.75) is 63.9 Å². The molecule has 0 amide bonds. The van der Waals surface area contributed by atoms with Crippen LogP contribution in [0.2, 0.25) is 0 Å². The molecule has 0 aromatic heterocycles. The van der Waals surface area contributed by atoms with Gasteiger partial charge in [-0.3, -0.25) is 0 Å². The first kappa shape index (κ1) is 29.4. The van der Waals surface area contributed by atoms with E-state index in [1.54, 1.807) is 12.2 Å². The molecule has 0 spiro atoms. The second-order valence-corrected chi connectivity index (χ2v) is 9.76. The summed E-state index contributed by atoms with van der Waals surface area (Å²) in [5.74, 6) is 0.610. The van der Waals surface area contributed by atoms with Gasteiger partial charge >= 0.3 is 11.9 Å². The van der Waals surface area contributed by atoms with Crippen LogP contribution in [0.5, 0.6) is 11.5 Å². The molecule has 2 aromatic carbocycles. The van der Waals surface area contributed by atoms with Crippen molar-refractivity contribution in [3.05, 3.63) is 71.8 Å². The zero-order chi connectivity index (χ0) is 28.2. The van der Waals surface area contributed by atoms with E-state index in [1.165, 1.54) is 12.2 Å². The van der Waals surface area contributed by atoms with E-state index in [0.29, 0.717) is 13.2 Å². The fraction of sp³-hybridized carbons (Fsp3) is 0.438. The maximum atomic E-state index is 12.4. The number of carbonyl (C=O) groups is 2. The highest BCUT2D eigenvalue weighted by Crippen LogP contribution is 2.31. The van der Waals surface area contributed by atoms with Gasteiger partial charge in [0.2, 0.25) is 0 Å². The average Bonchev–Trinajstić information content (AvgIpc) is 3.55. The maximum absolute atomic E-state index is 12.4. The molecule has 2 fully saturated rings. The summed E-state index contributed by atoms with van der Waals surface area (Å²) in [5.41, 5.74) is 1.71. The van der Waals surface area contributed by atoms with Crippen LogP contribution in [0.4, 0.5) is 0 Å². The van der Waals surface area contributed by atoms with Crippen LogP contribution in [0.25, 0.3) is 12.2 Å². The van der Waals surface area contributed by atoms with E-state index in [1.807, 2.05) is 48.5 Å². The fourth-order valence-electron chi connectivity index (χ4n) is 4.36. The number of carbonyl (C=O) groups excluding carboxylic acids is 2. The average molecular weight is 551 g/mol. The fourth-order valence-corrected chi connectivity index (χ4v) is 4.36. The number of ether oxygens (including phenoxy) is 6. The lowest BCUT2D eigenvalue weighted by Crippen LogP contribution is -2.35. The molecular weight excluding hydrogens is 512 g/mol. The second kappa shape index (κ2) is 15.2. The summed E-state index contributed by atoms with van der Waals surface area (Å²) < 4.78 is 34.0. The van der Waals surface area contributed by atoms with E-state index in [-0.39, 0.29) is 13.2 Å². The molecule has 0 unspecified atom stereocenters. The van der Waals surface area contributed by atoms with E-state index in [0.717, 1.165) is 48.3 Å². The first-order valence-corrected chi connectivity index (χ1v) is 14.0. The Labute approximate surface area is 235 Å². The van der Waals surface area contributed by atoms with E-state index in [4.69, 9.17) is 28.4 Å². The summed E-state index contributed by atoms with van der Waals surface area (Å²) in [6.45, 7) is 5.96. The van der Waals surface area contributed by atoms with Crippen LogP contribution >= 0.6 is 0 Å². The molecular formula is C32H38O8. The smallest absolute Gasteiger partial charge is 0.331 e. The Morgan fingerprint density at radius 1 is 0.700 bits per heavy atom. The zero-order valence-electron chi connectivity index (χ0n) is 23.2. The molecule has 2 aromatic rings. The van der Waals surface area contributed by atoms with Gasteiger partial charge in [0.1, 0.15) is 23.7 Å². The van der Waals surface area contributed by atoms with Gasteiger partial charge in [0.15, 0.2) is 12.2 Å². The molecule has 4 atom stereocenters. The van der Waals surface area contributed by atoms with Crippen LogP contribution in [0.3, 0.4) is 0 Å². The van der Waals surface area contributed by atoms with Crippen LogP contribution in [0.1, 0.15) is 50.7 Å². The Morgan fingerprint density at radius 2 is 1.10 bits per heavy atom. The molecule has 2 saturated heterocycles. The predicted octanol–water partition coefficient (Wildman–Crippen LogP) is 5.39. The van der Waals surface area contributed by atoms with Crippen molar-refractivity contribution in [3.63, 3.8) is 0 Å². The molecule has 0 N–H and O–H groups in total. The van der Waals surface area contributed by atoms with Crippen molar-refractivity contribution < 1.29 is 38.0 Å². The Hall–Kier alpha value is -3.62. The van der Waals surface area contributed by atoms with Crippen LogP contribution in [0.15, 0.2) is 60.7 Å². The lowest BCUT2D eigenvalue weighted by Gasteiger charge is -2.16. The quantitative estimate of drug-likeness (QED) is 0.176. The SMILES string of the molecule is CCCCOc1ccc(C=CC(=O)O[C@@H]2CO[C@H]3[C@@H]2OC[C@H]3OC(=O)C=Cc2ccc(OCCCC)cc2)cc1. The minimum atomic E-state index is -0.575. The van der Waals surface area contributed by atoms with Crippen LogP contribution in [-0.2, 0) is 28.5 Å². The second-order valence-electron chi connectivity index (χ2n) is 9.76. The van der Waals surface area contributed by atoms with Gasteiger partial charge in [-0.2, -0.15) is 0 Å². The zero-order valence-corrected chi connectivity index (χ0v) is 23.2. The van der Waals surface area contributed by atoms with Crippen LogP contribution in [0, 0.1) is 0 Å². The van der Waals surface area contributed by atoms with Crippen LogP contribution < -0.4 is 9.47 Å². The van der Waals surface area contributed by atoms with E-state index in [9.17, 15) is 9.59 Å². The third-order valence-corrected chi connectivity index (χ3v) is 6.61. The van der Waals surface area contributed by atoms with Crippen molar-refractivity contribution in [2.24, 2.45) is 0 Å². The molecule has 2 heterocycles. The van der Waals surface area contributed by atoms with Crippen molar-refractivity contribution in [1.82, 2.24) is 0 Å². The molecule has 0 bridgehead atoms. The van der Waals surface area contributed by atoms with Crippen molar-refractivity contribution in [3.8, 4) is 11.5 Å². The highest BCUT2D eigenvalue weighted by atomic mass is 16.7. The Kier molecular flexibility index (Phi) is 11.2. The largest absolute Gasteiger partial charge is 0.494 e. The first-order valence-electron chi connectivity index (χ1n) is 14.0. The Morgan fingerprint density at radius 3 is 1.48 bits per heavy atom. The number of benzene rings is 2. The molecule has 2 aliphatic heterocycles. The first-order chi connectivity index (χ1) is 19.6. The molecule has 0 radical (unpaired) electrons. The van der Waals surface area contributed by atoms with Crippen molar-refractivity contribution in [2.75, 3.05) is 26.4 Å². The monoisotopic (exact) mass is 550 g/mol. The minimum Gasteiger partial charge on any atom is -0.494 e. The standard InChI is InChI=1S/C32H38O8/c1-3-5-19-35-25-13-7-23(8-14-25)11-17-29(33)39-27-21-37-32-28(22-38-31(27)32)40-30(34)18-12-24-9-15-26(16-10-24)36-20-6-4-2/h7-18,27-28,31-32H,3-6,19-22H2,1-2H3/t27-,28-,31-,32-/m1/s1. The van der Waals surface area contributed by atoms with Gasteiger partial charge in [0.25, 0.3) is 0 Å². The molecule has 2 aliphatic rings. The lowest BCUT2D eigenvalue weighted by atomic mass is 10.1. The number of rotatable bonds is 14. The van der Waals surface area contributed by atoms with Gasteiger partial charge in [0, 0.05) is 12.2 Å². The van der Waals surface area contributed by atoms with Gasteiger partial charge < -0.3 is 28.4 Å². The van der Waals surface area contributed by atoms with Crippen molar-refractivity contribution >= 4 is 24.1 Å². The number of hydrogen-bond acceptors (Lipinski definition) is 8. The Balaban J connectivity index is 1.20. The normalized spacial score (nSPS) is 21.9.